The van der Waals surface area contributed by atoms with Crippen molar-refractivity contribution in [2.75, 3.05) is 13.7 Å². The summed E-state index contributed by atoms with van der Waals surface area (Å²) in [4.78, 5) is 12.3. The van der Waals surface area contributed by atoms with Crippen LogP contribution in [0.5, 0.6) is 5.75 Å². The second-order valence-corrected chi connectivity index (χ2v) is 5.25. The zero-order valence-corrected chi connectivity index (χ0v) is 12.3. The van der Waals surface area contributed by atoms with Crippen LogP contribution in [-0.4, -0.2) is 25.6 Å². The van der Waals surface area contributed by atoms with Gasteiger partial charge < -0.3 is 15.4 Å². The van der Waals surface area contributed by atoms with E-state index in [0.29, 0.717) is 0 Å². The van der Waals surface area contributed by atoms with Gasteiger partial charge in [0.15, 0.2) is 0 Å². The number of ether oxygens (including phenoxy) is 1. The number of carbonyl (C=O) groups is 1. The average molecular weight is 276 g/mol. The SMILES string of the molecule is CCC(NC(=O)[C@H]1CCCCN1)c1ccc(OC)cc1. The summed E-state index contributed by atoms with van der Waals surface area (Å²) in [6, 6.07) is 7.93. The Morgan fingerprint density at radius 1 is 1.40 bits per heavy atom. The molecule has 1 aromatic rings. The number of nitrogens with one attached hydrogen (secondary N) is 2. The third-order valence-electron chi connectivity index (χ3n) is 3.87. The lowest BCUT2D eigenvalue weighted by atomic mass is 10.0. The van der Waals surface area contributed by atoms with E-state index in [4.69, 9.17) is 4.74 Å². The highest BCUT2D eigenvalue weighted by Gasteiger charge is 2.22. The normalized spacial score (nSPS) is 20.2. The van der Waals surface area contributed by atoms with Gasteiger partial charge in [-0.05, 0) is 43.5 Å². The third kappa shape index (κ3) is 3.73. The Morgan fingerprint density at radius 2 is 2.15 bits per heavy atom. The molecule has 110 valence electrons. The van der Waals surface area contributed by atoms with Crippen LogP contribution in [0.25, 0.3) is 0 Å². The van der Waals surface area contributed by atoms with E-state index in [-0.39, 0.29) is 18.0 Å². The molecular weight excluding hydrogens is 252 g/mol. The van der Waals surface area contributed by atoms with Crippen molar-refractivity contribution in [1.82, 2.24) is 10.6 Å². The Kier molecular flexibility index (Phi) is 5.41. The predicted molar refractivity (Wildman–Crippen MR) is 79.8 cm³/mol. The maximum atomic E-state index is 12.3. The van der Waals surface area contributed by atoms with Crippen molar-refractivity contribution in [3.05, 3.63) is 29.8 Å². The molecule has 1 amide bonds. The van der Waals surface area contributed by atoms with Crippen LogP contribution < -0.4 is 15.4 Å². The summed E-state index contributed by atoms with van der Waals surface area (Å²) in [5.74, 6) is 0.955. The first-order valence-corrected chi connectivity index (χ1v) is 7.42. The zero-order valence-electron chi connectivity index (χ0n) is 12.3. The minimum Gasteiger partial charge on any atom is -0.497 e. The van der Waals surface area contributed by atoms with E-state index < -0.39 is 0 Å². The molecule has 1 unspecified atom stereocenters. The Bertz CT molecular complexity index is 425. The highest BCUT2D eigenvalue weighted by molar-refractivity contribution is 5.82. The quantitative estimate of drug-likeness (QED) is 0.868. The van der Waals surface area contributed by atoms with Crippen LogP contribution in [0.4, 0.5) is 0 Å². The van der Waals surface area contributed by atoms with E-state index in [9.17, 15) is 4.79 Å². The van der Waals surface area contributed by atoms with E-state index in [0.717, 1.165) is 37.1 Å². The van der Waals surface area contributed by atoms with Crippen molar-refractivity contribution in [2.45, 2.75) is 44.7 Å². The van der Waals surface area contributed by atoms with Crippen molar-refractivity contribution in [3.8, 4) is 5.75 Å². The molecule has 0 aliphatic carbocycles. The van der Waals surface area contributed by atoms with Crippen LogP contribution in [0.3, 0.4) is 0 Å². The molecule has 1 saturated heterocycles. The molecule has 1 aromatic carbocycles. The molecule has 1 aliphatic rings. The molecule has 4 heteroatoms. The van der Waals surface area contributed by atoms with E-state index in [1.54, 1.807) is 7.11 Å². The monoisotopic (exact) mass is 276 g/mol. The Balaban J connectivity index is 1.98. The molecule has 2 rings (SSSR count). The van der Waals surface area contributed by atoms with Gasteiger partial charge in [-0.3, -0.25) is 4.79 Å². The first kappa shape index (κ1) is 14.9. The summed E-state index contributed by atoms with van der Waals surface area (Å²) >= 11 is 0. The van der Waals surface area contributed by atoms with Gasteiger partial charge in [0.05, 0.1) is 19.2 Å². The van der Waals surface area contributed by atoms with E-state index in [1.807, 2.05) is 24.3 Å². The lowest BCUT2D eigenvalue weighted by molar-refractivity contribution is -0.124. The molecule has 20 heavy (non-hydrogen) atoms. The average Bonchev–Trinajstić information content (AvgIpc) is 2.53. The van der Waals surface area contributed by atoms with Crippen molar-refractivity contribution in [1.29, 1.82) is 0 Å². The number of carbonyl (C=O) groups excluding carboxylic acids is 1. The van der Waals surface area contributed by atoms with Crippen molar-refractivity contribution < 1.29 is 9.53 Å². The first-order valence-electron chi connectivity index (χ1n) is 7.42. The predicted octanol–water partition coefficient (Wildman–Crippen LogP) is 2.40. The minimum absolute atomic E-state index is 0.0314. The van der Waals surface area contributed by atoms with E-state index in [1.165, 1.54) is 6.42 Å². The lowest BCUT2D eigenvalue weighted by Gasteiger charge is -2.25. The smallest absolute Gasteiger partial charge is 0.237 e. The molecule has 1 heterocycles. The fraction of sp³-hybridized carbons (Fsp3) is 0.562. The molecule has 1 fully saturated rings. The highest BCUT2D eigenvalue weighted by atomic mass is 16.5. The van der Waals surface area contributed by atoms with E-state index >= 15 is 0 Å². The van der Waals surface area contributed by atoms with Crippen LogP contribution in [0.15, 0.2) is 24.3 Å². The molecule has 0 saturated carbocycles. The van der Waals surface area contributed by atoms with Crippen LogP contribution in [-0.2, 0) is 4.79 Å². The summed E-state index contributed by atoms with van der Waals surface area (Å²) in [5.41, 5.74) is 1.12. The molecule has 0 aromatic heterocycles. The van der Waals surface area contributed by atoms with E-state index in [2.05, 4.69) is 17.6 Å². The van der Waals surface area contributed by atoms with Gasteiger partial charge in [-0.1, -0.05) is 25.5 Å². The maximum Gasteiger partial charge on any atom is 0.237 e. The van der Waals surface area contributed by atoms with Crippen molar-refractivity contribution in [3.63, 3.8) is 0 Å². The number of amides is 1. The fourth-order valence-corrected chi connectivity index (χ4v) is 2.61. The standard InChI is InChI=1S/C16H24N2O2/c1-3-14(12-7-9-13(20-2)10-8-12)18-16(19)15-6-4-5-11-17-15/h7-10,14-15,17H,3-6,11H2,1-2H3,(H,18,19)/t14?,15-/m1/s1. The van der Waals surface area contributed by atoms with Gasteiger partial charge in [0.1, 0.15) is 5.75 Å². The molecule has 1 aliphatic heterocycles. The second-order valence-electron chi connectivity index (χ2n) is 5.25. The second kappa shape index (κ2) is 7.29. The van der Waals surface area contributed by atoms with Crippen LogP contribution in [0, 0.1) is 0 Å². The minimum atomic E-state index is -0.0314. The molecule has 4 nitrogen and oxygen atoms in total. The molecule has 0 radical (unpaired) electrons. The van der Waals surface area contributed by atoms with Crippen LogP contribution >= 0.6 is 0 Å². The number of hydrogen-bond donors (Lipinski definition) is 2. The van der Waals surface area contributed by atoms with Gasteiger partial charge in [0, 0.05) is 0 Å². The number of benzene rings is 1. The van der Waals surface area contributed by atoms with Crippen molar-refractivity contribution >= 4 is 5.91 Å². The molecule has 2 atom stereocenters. The fourth-order valence-electron chi connectivity index (χ4n) is 2.61. The zero-order chi connectivity index (χ0) is 14.4. The van der Waals surface area contributed by atoms with Gasteiger partial charge in [0.25, 0.3) is 0 Å². The van der Waals surface area contributed by atoms with Gasteiger partial charge in [-0.2, -0.15) is 0 Å². The maximum absolute atomic E-state index is 12.3. The third-order valence-corrected chi connectivity index (χ3v) is 3.87. The summed E-state index contributed by atoms with van der Waals surface area (Å²) in [6.07, 6.45) is 4.11. The molecular formula is C16H24N2O2. The van der Waals surface area contributed by atoms with Crippen LogP contribution in [0.1, 0.15) is 44.2 Å². The Morgan fingerprint density at radius 3 is 2.70 bits per heavy atom. The van der Waals surface area contributed by atoms with Crippen LogP contribution in [0.2, 0.25) is 0 Å². The molecule has 0 bridgehead atoms. The van der Waals surface area contributed by atoms with Crippen molar-refractivity contribution in [2.24, 2.45) is 0 Å². The topological polar surface area (TPSA) is 50.4 Å². The Hall–Kier alpha value is -1.55. The molecule has 0 spiro atoms. The molecule has 2 N–H and O–H groups in total. The summed E-state index contributed by atoms with van der Waals surface area (Å²) in [7, 11) is 1.66. The lowest BCUT2D eigenvalue weighted by Crippen LogP contribution is -2.47. The highest BCUT2D eigenvalue weighted by Crippen LogP contribution is 2.20. The number of methoxy groups -OCH3 is 1. The first-order chi connectivity index (χ1) is 9.74. The summed E-state index contributed by atoms with van der Waals surface area (Å²) in [6.45, 7) is 3.03. The number of piperidine rings is 1. The van der Waals surface area contributed by atoms with Gasteiger partial charge >= 0.3 is 0 Å². The summed E-state index contributed by atoms with van der Waals surface area (Å²) in [5, 5.41) is 6.43. The number of rotatable bonds is 5. The van der Waals surface area contributed by atoms with Gasteiger partial charge in [0.2, 0.25) is 5.91 Å². The number of hydrogen-bond acceptors (Lipinski definition) is 3. The summed E-state index contributed by atoms with van der Waals surface area (Å²) < 4.78 is 5.16. The van der Waals surface area contributed by atoms with Gasteiger partial charge in [-0.25, -0.2) is 0 Å². The largest absolute Gasteiger partial charge is 0.497 e. The van der Waals surface area contributed by atoms with Gasteiger partial charge in [-0.15, -0.1) is 0 Å². The Labute approximate surface area is 120 Å².